The highest BCUT2D eigenvalue weighted by atomic mass is 35.5. The number of nitrogens with one attached hydrogen (secondary N) is 1. The van der Waals surface area contributed by atoms with Gasteiger partial charge in [0.05, 0.1) is 12.4 Å². The molecule has 0 bridgehead atoms. The number of halogens is 1. The van der Waals surface area contributed by atoms with E-state index in [9.17, 15) is 0 Å². The van der Waals surface area contributed by atoms with Gasteiger partial charge in [-0.15, -0.1) is 0 Å². The number of nitrogens with two attached hydrogens (primary N) is 1. The number of hydrogen-bond acceptors (Lipinski definition) is 5. The second-order valence-electron chi connectivity index (χ2n) is 3.89. The molecule has 0 amide bonds. The molecule has 0 aliphatic carbocycles. The molecule has 0 saturated heterocycles. The smallest absolute Gasteiger partial charge is 0.160 e. The van der Waals surface area contributed by atoms with Gasteiger partial charge in [0.1, 0.15) is 5.82 Å². The van der Waals surface area contributed by atoms with Crippen molar-refractivity contribution < 1.29 is 0 Å². The van der Waals surface area contributed by atoms with Gasteiger partial charge in [-0.25, -0.2) is 10.8 Å². The average molecular weight is 264 g/mol. The van der Waals surface area contributed by atoms with Crippen molar-refractivity contribution in [3.63, 3.8) is 0 Å². The molecule has 2 aromatic rings. The molecule has 0 aliphatic heterocycles. The van der Waals surface area contributed by atoms with Gasteiger partial charge in [0.15, 0.2) is 5.82 Å². The summed E-state index contributed by atoms with van der Waals surface area (Å²) in [5.74, 6) is 6.58. The molecule has 0 unspecified atom stereocenters. The molecule has 1 heterocycles. The maximum absolute atomic E-state index is 5.95. The van der Waals surface area contributed by atoms with Gasteiger partial charge in [0.2, 0.25) is 0 Å². The van der Waals surface area contributed by atoms with E-state index < -0.39 is 0 Å². The molecule has 3 N–H and O–H groups in total. The Labute approximate surface area is 111 Å². The maximum Gasteiger partial charge on any atom is 0.160 e. The lowest BCUT2D eigenvalue weighted by Gasteiger charge is -2.18. The molecule has 0 aliphatic rings. The highest BCUT2D eigenvalue weighted by Gasteiger charge is 2.05. The predicted molar refractivity (Wildman–Crippen MR) is 73.4 cm³/mol. The van der Waals surface area contributed by atoms with Crippen LogP contribution in [0.2, 0.25) is 5.02 Å². The summed E-state index contributed by atoms with van der Waals surface area (Å²) in [6.07, 6.45) is 3.25. The van der Waals surface area contributed by atoms with Crippen molar-refractivity contribution in [2.24, 2.45) is 5.84 Å². The molecule has 0 saturated carbocycles. The topological polar surface area (TPSA) is 67.1 Å². The fourth-order valence-electron chi connectivity index (χ4n) is 1.60. The van der Waals surface area contributed by atoms with Crippen molar-refractivity contribution in [2.75, 3.05) is 17.4 Å². The number of nitrogen functional groups attached to an aromatic ring is 1. The van der Waals surface area contributed by atoms with E-state index in [2.05, 4.69) is 15.4 Å². The number of hydrazine groups is 1. The van der Waals surface area contributed by atoms with Crippen LogP contribution in [0.25, 0.3) is 0 Å². The third-order valence-electron chi connectivity index (χ3n) is 2.47. The van der Waals surface area contributed by atoms with Crippen molar-refractivity contribution >= 4 is 23.2 Å². The van der Waals surface area contributed by atoms with E-state index in [0.29, 0.717) is 12.4 Å². The van der Waals surface area contributed by atoms with Crippen LogP contribution in [0.15, 0.2) is 36.7 Å². The van der Waals surface area contributed by atoms with Crippen molar-refractivity contribution in [1.29, 1.82) is 0 Å². The van der Waals surface area contributed by atoms with E-state index in [4.69, 9.17) is 17.4 Å². The number of nitrogens with zero attached hydrogens (tertiary/aromatic N) is 3. The minimum absolute atomic E-state index is 0.533. The van der Waals surface area contributed by atoms with Crippen LogP contribution >= 0.6 is 11.6 Å². The van der Waals surface area contributed by atoms with Crippen LogP contribution in [0, 0.1) is 0 Å². The van der Waals surface area contributed by atoms with Gasteiger partial charge in [-0.2, -0.15) is 0 Å². The van der Waals surface area contributed by atoms with Gasteiger partial charge < -0.3 is 10.3 Å². The fourth-order valence-corrected chi connectivity index (χ4v) is 1.81. The Morgan fingerprint density at radius 2 is 2.22 bits per heavy atom. The minimum atomic E-state index is 0.533. The second-order valence-corrected chi connectivity index (χ2v) is 4.33. The zero-order valence-electron chi connectivity index (χ0n) is 9.97. The lowest BCUT2D eigenvalue weighted by atomic mass is 10.2. The Bertz CT molecular complexity index is 531. The molecule has 94 valence electrons. The molecule has 0 radical (unpaired) electrons. The third kappa shape index (κ3) is 3.09. The summed E-state index contributed by atoms with van der Waals surface area (Å²) in [7, 11) is 1.94. The molecule has 0 fully saturated rings. The molecule has 1 aromatic carbocycles. The Balaban J connectivity index is 2.13. The van der Waals surface area contributed by atoms with Crippen LogP contribution in [0.3, 0.4) is 0 Å². The molecule has 0 atom stereocenters. The summed E-state index contributed by atoms with van der Waals surface area (Å²) in [6, 6.07) is 7.72. The van der Waals surface area contributed by atoms with Gasteiger partial charge in [0.25, 0.3) is 0 Å². The fraction of sp³-hybridized carbons (Fsp3) is 0.167. The summed E-state index contributed by atoms with van der Waals surface area (Å²) < 4.78 is 0. The van der Waals surface area contributed by atoms with E-state index in [-0.39, 0.29) is 0 Å². The Morgan fingerprint density at radius 3 is 2.94 bits per heavy atom. The predicted octanol–water partition coefficient (Wildman–Crippen LogP) is 2.05. The number of rotatable bonds is 4. The Kier molecular flexibility index (Phi) is 3.96. The first kappa shape index (κ1) is 12.6. The van der Waals surface area contributed by atoms with Gasteiger partial charge in [0, 0.05) is 18.6 Å². The lowest BCUT2D eigenvalue weighted by Crippen LogP contribution is -2.19. The van der Waals surface area contributed by atoms with Gasteiger partial charge in [-0.3, -0.25) is 4.98 Å². The molecule has 0 spiro atoms. The maximum atomic E-state index is 5.95. The van der Waals surface area contributed by atoms with Crippen LogP contribution in [0.5, 0.6) is 0 Å². The van der Waals surface area contributed by atoms with Crippen molar-refractivity contribution in [3.05, 3.63) is 47.2 Å². The summed E-state index contributed by atoms with van der Waals surface area (Å²) in [5.41, 5.74) is 3.58. The molecule has 1 aromatic heterocycles. The van der Waals surface area contributed by atoms with Crippen LogP contribution in [0.4, 0.5) is 11.6 Å². The summed E-state index contributed by atoms with van der Waals surface area (Å²) in [5, 5.41) is 0.726. The van der Waals surface area contributed by atoms with Crippen molar-refractivity contribution in [2.45, 2.75) is 6.54 Å². The zero-order valence-corrected chi connectivity index (χ0v) is 10.7. The highest BCUT2D eigenvalue weighted by molar-refractivity contribution is 6.30. The number of benzene rings is 1. The summed E-state index contributed by atoms with van der Waals surface area (Å²) in [4.78, 5) is 10.3. The van der Waals surface area contributed by atoms with Gasteiger partial charge in [-0.05, 0) is 17.7 Å². The average Bonchev–Trinajstić information content (AvgIpc) is 2.39. The SMILES string of the molecule is CN(Cc1cccc(Cl)c1)c1cncc(NN)n1. The standard InChI is InChI=1S/C12H14ClN5/c1-18(8-9-3-2-4-10(13)5-9)12-7-15-6-11(16-12)17-14/h2-7H,8,14H2,1H3,(H,16,17). The molecule has 5 nitrogen and oxygen atoms in total. The summed E-state index contributed by atoms with van der Waals surface area (Å²) >= 11 is 5.95. The van der Waals surface area contributed by atoms with E-state index in [1.807, 2.05) is 36.2 Å². The number of aromatic nitrogens is 2. The molecular formula is C12H14ClN5. The molecule has 18 heavy (non-hydrogen) atoms. The first-order valence-corrected chi connectivity index (χ1v) is 5.81. The van der Waals surface area contributed by atoms with Gasteiger partial charge in [-0.1, -0.05) is 23.7 Å². The van der Waals surface area contributed by atoms with Crippen LogP contribution in [-0.2, 0) is 6.54 Å². The van der Waals surface area contributed by atoms with Crippen LogP contribution in [-0.4, -0.2) is 17.0 Å². The molecular weight excluding hydrogens is 250 g/mol. The first-order chi connectivity index (χ1) is 8.69. The van der Waals surface area contributed by atoms with E-state index in [0.717, 1.165) is 16.4 Å². The minimum Gasteiger partial charge on any atom is -0.354 e. The lowest BCUT2D eigenvalue weighted by molar-refractivity contribution is 0.890. The van der Waals surface area contributed by atoms with Crippen LogP contribution < -0.4 is 16.2 Å². The Hall–Kier alpha value is -1.85. The first-order valence-electron chi connectivity index (χ1n) is 5.43. The monoisotopic (exact) mass is 263 g/mol. The number of anilines is 2. The zero-order chi connectivity index (χ0) is 13.0. The van der Waals surface area contributed by atoms with E-state index in [1.54, 1.807) is 12.4 Å². The van der Waals surface area contributed by atoms with Gasteiger partial charge >= 0.3 is 0 Å². The number of hydrogen-bond donors (Lipinski definition) is 2. The van der Waals surface area contributed by atoms with E-state index >= 15 is 0 Å². The quantitative estimate of drug-likeness (QED) is 0.653. The normalized spacial score (nSPS) is 10.2. The van der Waals surface area contributed by atoms with Crippen molar-refractivity contribution in [3.8, 4) is 0 Å². The van der Waals surface area contributed by atoms with Crippen molar-refractivity contribution in [1.82, 2.24) is 9.97 Å². The molecule has 6 heteroatoms. The summed E-state index contributed by atoms with van der Waals surface area (Å²) in [6.45, 7) is 0.698. The van der Waals surface area contributed by atoms with E-state index in [1.165, 1.54) is 0 Å². The Morgan fingerprint density at radius 1 is 1.39 bits per heavy atom. The third-order valence-corrected chi connectivity index (χ3v) is 2.70. The van der Waals surface area contributed by atoms with Crippen LogP contribution in [0.1, 0.15) is 5.56 Å². The molecule has 2 rings (SSSR count). The second kappa shape index (κ2) is 5.66. The largest absolute Gasteiger partial charge is 0.354 e. The highest BCUT2D eigenvalue weighted by Crippen LogP contribution is 2.16.